The van der Waals surface area contributed by atoms with Crippen LogP contribution in [0, 0.1) is 5.92 Å². The number of carbonyl (C=O) groups excluding carboxylic acids is 3. The Balaban J connectivity index is 1.57. The van der Waals surface area contributed by atoms with E-state index in [0.29, 0.717) is 38.6 Å². The lowest BCUT2D eigenvalue weighted by molar-refractivity contribution is -0.143. The minimum atomic E-state index is -1.14. The maximum Gasteiger partial charge on any atom is 0.240 e. The lowest BCUT2D eigenvalue weighted by Gasteiger charge is -2.32. The first-order chi connectivity index (χ1) is 15.5. The molecule has 2 unspecified atom stereocenters. The summed E-state index contributed by atoms with van der Waals surface area (Å²) in [6.45, 7) is 2.82. The predicted molar refractivity (Wildman–Crippen MR) is 119 cm³/mol. The molecule has 1 saturated carbocycles. The van der Waals surface area contributed by atoms with E-state index in [2.05, 4.69) is 0 Å². The number of carbonyl (C=O) groups is 3. The van der Waals surface area contributed by atoms with Gasteiger partial charge in [0.2, 0.25) is 17.7 Å². The van der Waals surface area contributed by atoms with Crippen LogP contribution in [0.1, 0.15) is 50.5 Å². The molecule has 1 aromatic rings. The van der Waals surface area contributed by atoms with Gasteiger partial charge in [0.05, 0.1) is 11.5 Å². The minimum absolute atomic E-state index is 0.0157. The van der Waals surface area contributed by atoms with Crippen molar-refractivity contribution < 1.29 is 23.9 Å². The van der Waals surface area contributed by atoms with E-state index in [-0.39, 0.29) is 36.7 Å². The molecule has 3 fully saturated rings. The third-order valence-corrected chi connectivity index (χ3v) is 6.89. The number of benzene rings is 1. The molecule has 0 radical (unpaired) electrons. The van der Waals surface area contributed by atoms with Gasteiger partial charge in [0.1, 0.15) is 0 Å². The molecule has 0 N–H and O–H groups in total. The van der Waals surface area contributed by atoms with Gasteiger partial charge >= 0.3 is 0 Å². The van der Waals surface area contributed by atoms with E-state index in [1.165, 1.54) is 4.90 Å². The number of hydrogen-bond donors (Lipinski definition) is 0. The number of amides is 3. The standard InChI is InChI=1S/C25H34N2O5/c1-31-13-6-12-27-23(29)16-25(24(27)30,20-7-3-2-4-8-20)15-22(28)26(17-19-10-11-19)18-21-9-5-14-32-21/h2-4,7-8,19,21H,5-6,9-18H2,1H3. The van der Waals surface area contributed by atoms with E-state index < -0.39 is 5.41 Å². The first kappa shape index (κ1) is 22.9. The topological polar surface area (TPSA) is 76.2 Å². The molecule has 2 atom stereocenters. The van der Waals surface area contributed by atoms with E-state index in [1.807, 2.05) is 35.2 Å². The van der Waals surface area contributed by atoms with Crippen LogP contribution in [0.2, 0.25) is 0 Å². The maximum atomic E-state index is 13.6. The summed E-state index contributed by atoms with van der Waals surface area (Å²) in [5.74, 6) is 0.00731. The van der Waals surface area contributed by atoms with Crippen LogP contribution in [0.15, 0.2) is 30.3 Å². The molecule has 174 valence electrons. The molecule has 0 spiro atoms. The highest BCUT2D eigenvalue weighted by Crippen LogP contribution is 2.41. The molecule has 7 nitrogen and oxygen atoms in total. The Bertz CT molecular complexity index is 819. The maximum absolute atomic E-state index is 13.6. The van der Waals surface area contributed by atoms with E-state index in [0.717, 1.165) is 37.9 Å². The molecule has 32 heavy (non-hydrogen) atoms. The number of methoxy groups -OCH3 is 1. The van der Waals surface area contributed by atoms with Gasteiger partial charge in [0.25, 0.3) is 0 Å². The second-order valence-corrected chi connectivity index (χ2v) is 9.38. The number of ether oxygens (including phenoxy) is 2. The first-order valence-corrected chi connectivity index (χ1v) is 11.8. The Hall–Kier alpha value is -2.25. The Morgan fingerprint density at radius 3 is 2.62 bits per heavy atom. The smallest absolute Gasteiger partial charge is 0.240 e. The van der Waals surface area contributed by atoms with Crippen LogP contribution in [0.5, 0.6) is 0 Å². The van der Waals surface area contributed by atoms with E-state index in [1.54, 1.807) is 7.11 Å². The van der Waals surface area contributed by atoms with Crippen LogP contribution < -0.4 is 0 Å². The Morgan fingerprint density at radius 1 is 1.19 bits per heavy atom. The van der Waals surface area contributed by atoms with Crippen LogP contribution in [-0.2, 0) is 29.3 Å². The number of nitrogens with zero attached hydrogens (tertiary/aromatic N) is 2. The van der Waals surface area contributed by atoms with Gasteiger partial charge in [-0.05, 0) is 43.6 Å². The minimum Gasteiger partial charge on any atom is -0.385 e. The van der Waals surface area contributed by atoms with Gasteiger partial charge in [0, 0.05) is 52.8 Å². The van der Waals surface area contributed by atoms with Crippen molar-refractivity contribution in [3.05, 3.63) is 35.9 Å². The van der Waals surface area contributed by atoms with Gasteiger partial charge in [-0.15, -0.1) is 0 Å². The molecular weight excluding hydrogens is 408 g/mol. The number of hydrogen-bond acceptors (Lipinski definition) is 5. The monoisotopic (exact) mass is 442 g/mol. The fourth-order valence-corrected chi connectivity index (χ4v) is 4.91. The molecule has 2 aliphatic heterocycles. The quantitative estimate of drug-likeness (QED) is 0.389. The van der Waals surface area contributed by atoms with Gasteiger partial charge in [0.15, 0.2) is 0 Å². The number of likely N-dealkylation sites (tertiary alicyclic amines) is 1. The molecule has 0 bridgehead atoms. The highest BCUT2D eigenvalue weighted by Gasteiger charge is 2.54. The van der Waals surface area contributed by atoms with Crippen LogP contribution in [-0.4, -0.2) is 73.6 Å². The van der Waals surface area contributed by atoms with E-state index in [9.17, 15) is 14.4 Å². The normalized spacial score (nSPS) is 25.5. The van der Waals surface area contributed by atoms with Crippen molar-refractivity contribution in [1.82, 2.24) is 9.80 Å². The molecule has 1 aliphatic carbocycles. The summed E-state index contributed by atoms with van der Waals surface area (Å²) in [6.07, 6.45) is 4.97. The molecule has 2 saturated heterocycles. The summed E-state index contributed by atoms with van der Waals surface area (Å²) in [5, 5.41) is 0. The zero-order valence-electron chi connectivity index (χ0n) is 19.0. The molecule has 3 amide bonds. The van der Waals surface area contributed by atoms with Crippen molar-refractivity contribution in [2.24, 2.45) is 5.92 Å². The first-order valence-electron chi connectivity index (χ1n) is 11.8. The fraction of sp³-hybridized carbons (Fsp3) is 0.640. The molecule has 1 aromatic carbocycles. The highest BCUT2D eigenvalue weighted by atomic mass is 16.5. The lowest BCUT2D eigenvalue weighted by atomic mass is 9.75. The molecule has 4 rings (SSSR count). The Labute approximate surface area is 190 Å². The van der Waals surface area contributed by atoms with E-state index >= 15 is 0 Å². The van der Waals surface area contributed by atoms with Crippen LogP contribution in [0.25, 0.3) is 0 Å². The summed E-state index contributed by atoms with van der Waals surface area (Å²) in [7, 11) is 1.60. The summed E-state index contributed by atoms with van der Waals surface area (Å²) >= 11 is 0. The SMILES string of the molecule is COCCCN1C(=O)CC(CC(=O)N(CC2CC2)CC2CCCO2)(c2ccccc2)C1=O. The summed E-state index contributed by atoms with van der Waals surface area (Å²) in [6, 6.07) is 9.33. The lowest BCUT2D eigenvalue weighted by Crippen LogP contribution is -2.45. The molecule has 7 heteroatoms. The second kappa shape index (κ2) is 10.1. The molecule has 3 aliphatic rings. The van der Waals surface area contributed by atoms with Crippen LogP contribution in [0.4, 0.5) is 0 Å². The van der Waals surface area contributed by atoms with E-state index in [4.69, 9.17) is 9.47 Å². The summed E-state index contributed by atoms with van der Waals surface area (Å²) < 4.78 is 10.9. The number of rotatable bonds is 11. The average molecular weight is 443 g/mol. The van der Waals surface area contributed by atoms with Gasteiger partial charge < -0.3 is 14.4 Å². The highest BCUT2D eigenvalue weighted by molar-refractivity contribution is 6.10. The fourth-order valence-electron chi connectivity index (χ4n) is 4.91. The van der Waals surface area contributed by atoms with Crippen molar-refractivity contribution in [2.45, 2.75) is 56.5 Å². The molecule has 0 aromatic heterocycles. The average Bonchev–Trinajstić information content (AvgIpc) is 3.40. The third-order valence-electron chi connectivity index (χ3n) is 6.89. The largest absolute Gasteiger partial charge is 0.385 e. The van der Waals surface area contributed by atoms with Crippen molar-refractivity contribution in [2.75, 3.05) is 40.0 Å². The Kier molecular flexibility index (Phi) is 7.26. The zero-order valence-corrected chi connectivity index (χ0v) is 19.0. The Morgan fingerprint density at radius 2 is 1.97 bits per heavy atom. The zero-order chi connectivity index (χ0) is 22.6. The van der Waals surface area contributed by atoms with Gasteiger partial charge in [-0.3, -0.25) is 19.3 Å². The van der Waals surface area contributed by atoms with Crippen molar-refractivity contribution in [3.8, 4) is 0 Å². The van der Waals surface area contributed by atoms with Crippen LogP contribution >= 0.6 is 0 Å². The predicted octanol–water partition coefficient (Wildman–Crippen LogP) is 2.53. The van der Waals surface area contributed by atoms with Crippen molar-refractivity contribution >= 4 is 17.7 Å². The van der Waals surface area contributed by atoms with Gasteiger partial charge in [-0.1, -0.05) is 30.3 Å². The number of imide groups is 1. The van der Waals surface area contributed by atoms with Crippen molar-refractivity contribution in [1.29, 1.82) is 0 Å². The van der Waals surface area contributed by atoms with Gasteiger partial charge in [-0.25, -0.2) is 0 Å². The summed E-state index contributed by atoms with van der Waals surface area (Å²) in [5.41, 5.74) is -0.398. The van der Waals surface area contributed by atoms with Gasteiger partial charge in [-0.2, -0.15) is 0 Å². The third kappa shape index (κ3) is 5.04. The molecule has 2 heterocycles. The van der Waals surface area contributed by atoms with Crippen LogP contribution in [0.3, 0.4) is 0 Å². The van der Waals surface area contributed by atoms with Crippen molar-refractivity contribution in [3.63, 3.8) is 0 Å². The summed E-state index contributed by atoms with van der Waals surface area (Å²) in [4.78, 5) is 43.4. The molecular formula is C25H34N2O5. The second-order valence-electron chi connectivity index (χ2n) is 9.38.